The zero-order valence-electron chi connectivity index (χ0n) is 12.3. The first kappa shape index (κ1) is 14.3. The molecule has 0 aliphatic carbocycles. The Kier molecular flexibility index (Phi) is 3.66. The average Bonchev–Trinajstić information content (AvgIpc) is 3.12. The van der Waals surface area contributed by atoms with Gasteiger partial charge >= 0.3 is 0 Å². The van der Waals surface area contributed by atoms with Crippen molar-refractivity contribution < 1.29 is 9.59 Å². The minimum absolute atomic E-state index is 0.00221. The molecule has 116 valence electrons. The van der Waals surface area contributed by atoms with E-state index in [0.29, 0.717) is 45.0 Å². The van der Waals surface area contributed by atoms with E-state index in [1.54, 1.807) is 14.5 Å². The molecular formula is C13H17N7O2. The van der Waals surface area contributed by atoms with Crippen LogP contribution < -0.4 is 5.32 Å². The monoisotopic (exact) mass is 303 g/mol. The summed E-state index contributed by atoms with van der Waals surface area (Å²) in [5.74, 6) is 0.558. The van der Waals surface area contributed by atoms with E-state index in [9.17, 15) is 9.59 Å². The number of carbonyl (C=O) groups is 2. The van der Waals surface area contributed by atoms with Crippen molar-refractivity contribution in [3.63, 3.8) is 0 Å². The quantitative estimate of drug-likeness (QED) is 0.730. The van der Waals surface area contributed by atoms with Crippen molar-refractivity contribution in [3.8, 4) is 6.19 Å². The summed E-state index contributed by atoms with van der Waals surface area (Å²) in [6.45, 7) is 4.14. The van der Waals surface area contributed by atoms with Crippen LogP contribution in [0.1, 0.15) is 19.2 Å². The van der Waals surface area contributed by atoms with Gasteiger partial charge in [-0.25, -0.2) is 4.68 Å². The smallest absolute Gasteiger partial charge is 0.249 e. The van der Waals surface area contributed by atoms with Gasteiger partial charge < -0.3 is 9.80 Å². The molecule has 1 saturated heterocycles. The number of fused-ring (bicyclic) bond motifs is 1. The Labute approximate surface area is 127 Å². The highest BCUT2D eigenvalue weighted by Crippen LogP contribution is 2.18. The fourth-order valence-electron chi connectivity index (χ4n) is 2.73. The maximum atomic E-state index is 12.2. The van der Waals surface area contributed by atoms with Crippen LogP contribution in [0.4, 0.5) is 5.95 Å². The first-order chi connectivity index (χ1) is 10.6. The van der Waals surface area contributed by atoms with Crippen LogP contribution in [-0.4, -0.2) is 56.0 Å². The van der Waals surface area contributed by atoms with E-state index in [0.717, 1.165) is 0 Å². The topological polar surface area (TPSA) is 107 Å². The van der Waals surface area contributed by atoms with Gasteiger partial charge in [-0.15, -0.1) is 5.10 Å². The predicted octanol–water partition coefficient (Wildman–Crippen LogP) is -0.618. The average molecular weight is 303 g/mol. The highest BCUT2D eigenvalue weighted by Gasteiger charge is 2.29. The van der Waals surface area contributed by atoms with Crippen LogP contribution in [0.15, 0.2) is 0 Å². The van der Waals surface area contributed by atoms with Crippen molar-refractivity contribution in [3.05, 3.63) is 5.82 Å². The number of hydrogen-bond donors (Lipinski definition) is 1. The minimum Gasteiger partial charge on any atom is -0.334 e. The summed E-state index contributed by atoms with van der Waals surface area (Å²) in [5, 5.41) is 15.8. The van der Waals surface area contributed by atoms with E-state index in [4.69, 9.17) is 5.26 Å². The molecule has 1 aromatic rings. The molecule has 0 bridgehead atoms. The molecular weight excluding hydrogens is 286 g/mol. The largest absolute Gasteiger partial charge is 0.334 e. The fraction of sp³-hybridized carbons (Fsp3) is 0.615. The lowest BCUT2D eigenvalue weighted by molar-refractivity contribution is -0.130. The Balaban J connectivity index is 1.64. The molecule has 1 N–H and O–H groups in total. The third kappa shape index (κ3) is 2.72. The normalized spacial score (nSPS) is 20.5. The van der Waals surface area contributed by atoms with Gasteiger partial charge in [-0.3, -0.25) is 14.9 Å². The molecule has 0 saturated carbocycles. The fourth-order valence-corrected chi connectivity index (χ4v) is 2.73. The Bertz CT molecular complexity index is 647. The highest BCUT2D eigenvalue weighted by molar-refractivity contribution is 5.91. The summed E-state index contributed by atoms with van der Waals surface area (Å²) in [4.78, 5) is 31.1. The summed E-state index contributed by atoms with van der Waals surface area (Å²) in [7, 11) is 0. The molecule has 2 amide bonds. The second kappa shape index (κ2) is 5.63. The van der Waals surface area contributed by atoms with Crippen LogP contribution in [0, 0.1) is 17.4 Å². The van der Waals surface area contributed by atoms with Gasteiger partial charge in [0.2, 0.25) is 17.8 Å². The number of carbonyl (C=O) groups excluding carboxylic acids is 2. The minimum atomic E-state index is -0.214. The van der Waals surface area contributed by atoms with E-state index >= 15 is 0 Å². The molecule has 0 radical (unpaired) electrons. The maximum absolute atomic E-state index is 12.2. The van der Waals surface area contributed by atoms with Gasteiger partial charge in [-0.05, 0) is 6.42 Å². The molecule has 0 spiro atoms. The first-order valence-electron chi connectivity index (χ1n) is 7.21. The van der Waals surface area contributed by atoms with Gasteiger partial charge in [0, 0.05) is 26.6 Å². The second-order valence-corrected chi connectivity index (χ2v) is 5.54. The standard InChI is InChI=1S/C13H17N7O2/c1-9(21)19-4-5-20-11(7-19)15-13(17-20)16-12(22)10-2-3-18(6-10)8-14/h10H,2-7H2,1H3,(H,16,17,22)/t10-/m0/s1. The number of anilines is 1. The van der Waals surface area contributed by atoms with Crippen molar-refractivity contribution >= 4 is 17.8 Å². The molecule has 1 fully saturated rings. The summed E-state index contributed by atoms with van der Waals surface area (Å²) in [6, 6.07) is 0. The molecule has 9 nitrogen and oxygen atoms in total. The maximum Gasteiger partial charge on any atom is 0.249 e. The predicted molar refractivity (Wildman–Crippen MR) is 75.0 cm³/mol. The van der Waals surface area contributed by atoms with E-state index in [2.05, 4.69) is 15.4 Å². The summed E-state index contributed by atoms with van der Waals surface area (Å²) in [6.07, 6.45) is 2.71. The number of aromatic nitrogens is 3. The van der Waals surface area contributed by atoms with Crippen LogP contribution in [0.5, 0.6) is 0 Å². The molecule has 9 heteroatoms. The Hall–Kier alpha value is -2.63. The third-order valence-electron chi connectivity index (χ3n) is 4.04. The van der Waals surface area contributed by atoms with Crippen LogP contribution in [0.25, 0.3) is 0 Å². The Morgan fingerprint density at radius 2 is 2.18 bits per heavy atom. The molecule has 3 heterocycles. The molecule has 2 aliphatic heterocycles. The summed E-state index contributed by atoms with van der Waals surface area (Å²) < 4.78 is 1.71. The zero-order chi connectivity index (χ0) is 15.7. The molecule has 3 rings (SSSR count). The van der Waals surface area contributed by atoms with Crippen molar-refractivity contribution in [2.45, 2.75) is 26.4 Å². The van der Waals surface area contributed by atoms with Crippen LogP contribution in [0.3, 0.4) is 0 Å². The van der Waals surface area contributed by atoms with Crippen LogP contribution in [-0.2, 0) is 22.7 Å². The van der Waals surface area contributed by atoms with Crippen molar-refractivity contribution in [1.29, 1.82) is 5.26 Å². The lowest BCUT2D eigenvalue weighted by Gasteiger charge is -2.25. The number of hydrogen-bond acceptors (Lipinski definition) is 6. The van der Waals surface area contributed by atoms with Gasteiger partial charge in [0.25, 0.3) is 0 Å². The molecule has 2 aliphatic rings. The first-order valence-corrected chi connectivity index (χ1v) is 7.21. The molecule has 0 unspecified atom stereocenters. The summed E-state index contributed by atoms with van der Waals surface area (Å²) >= 11 is 0. The van der Waals surface area contributed by atoms with Crippen LogP contribution in [0.2, 0.25) is 0 Å². The second-order valence-electron chi connectivity index (χ2n) is 5.54. The molecule has 1 atom stereocenters. The molecule has 22 heavy (non-hydrogen) atoms. The number of amides is 2. The van der Waals surface area contributed by atoms with E-state index in [1.165, 1.54) is 6.92 Å². The molecule has 1 aromatic heterocycles. The number of nitrogens with one attached hydrogen (secondary N) is 1. The van der Waals surface area contributed by atoms with Crippen molar-refractivity contribution in [1.82, 2.24) is 24.6 Å². The Morgan fingerprint density at radius 3 is 2.86 bits per heavy atom. The van der Waals surface area contributed by atoms with Gasteiger partial charge in [-0.1, -0.05) is 0 Å². The van der Waals surface area contributed by atoms with E-state index in [-0.39, 0.29) is 23.7 Å². The SMILES string of the molecule is CC(=O)N1CCn2nc(NC(=O)[C@H]3CCN(C#N)C3)nc2C1. The van der Waals surface area contributed by atoms with Gasteiger partial charge in [0.1, 0.15) is 5.82 Å². The third-order valence-corrected chi connectivity index (χ3v) is 4.04. The van der Waals surface area contributed by atoms with E-state index < -0.39 is 0 Å². The number of rotatable bonds is 2. The highest BCUT2D eigenvalue weighted by atomic mass is 16.2. The number of nitrogens with zero attached hydrogens (tertiary/aromatic N) is 6. The summed E-state index contributed by atoms with van der Waals surface area (Å²) in [5.41, 5.74) is 0. The van der Waals surface area contributed by atoms with Crippen molar-refractivity contribution in [2.24, 2.45) is 5.92 Å². The van der Waals surface area contributed by atoms with Gasteiger partial charge in [0.05, 0.1) is 19.0 Å². The lowest BCUT2D eigenvalue weighted by Crippen LogP contribution is -2.37. The zero-order valence-corrected chi connectivity index (χ0v) is 12.3. The molecule has 0 aromatic carbocycles. The van der Waals surface area contributed by atoms with Crippen molar-refractivity contribution in [2.75, 3.05) is 25.0 Å². The van der Waals surface area contributed by atoms with Crippen LogP contribution >= 0.6 is 0 Å². The van der Waals surface area contributed by atoms with Gasteiger partial charge in [0.15, 0.2) is 6.19 Å². The van der Waals surface area contributed by atoms with E-state index in [1.807, 2.05) is 6.19 Å². The van der Waals surface area contributed by atoms with Gasteiger partial charge in [-0.2, -0.15) is 10.2 Å². The number of nitriles is 1. The lowest BCUT2D eigenvalue weighted by atomic mass is 10.1. The number of likely N-dealkylation sites (tertiary alicyclic amines) is 1. The Morgan fingerprint density at radius 1 is 1.36 bits per heavy atom.